The molecular weight excluding hydrogens is 304 g/mol. The van der Waals surface area contributed by atoms with E-state index in [2.05, 4.69) is 21.9 Å². The lowest BCUT2D eigenvalue weighted by atomic mass is 10.2. The molecule has 1 N–H and O–H groups in total. The van der Waals surface area contributed by atoms with Crippen molar-refractivity contribution < 1.29 is 9.47 Å². The molecule has 0 unspecified atom stereocenters. The number of nitrogens with one attached hydrogen (secondary N) is 1. The normalized spacial score (nSPS) is 10.7. The fourth-order valence-corrected chi connectivity index (χ4v) is 3.38. The minimum absolute atomic E-state index is 0.761. The first-order valence-electron chi connectivity index (χ1n) is 6.58. The van der Waals surface area contributed by atoms with Crippen molar-refractivity contribution in [1.82, 2.24) is 10.3 Å². The zero-order chi connectivity index (χ0) is 15.2. The van der Waals surface area contributed by atoms with Gasteiger partial charge in [-0.3, -0.25) is 0 Å². The molecular formula is C15H20N2O2S2. The molecule has 0 aliphatic carbocycles. The van der Waals surface area contributed by atoms with Gasteiger partial charge in [0.25, 0.3) is 0 Å². The van der Waals surface area contributed by atoms with Crippen LogP contribution in [0.5, 0.6) is 11.5 Å². The second-order valence-corrected chi connectivity index (χ2v) is 6.30. The molecule has 1 heterocycles. The van der Waals surface area contributed by atoms with Gasteiger partial charge < -0.3 is 14.8 Å². The van der Waals surface area contributed by atoms with Crippen LogP contribution in [0, 0.1) is 6.92 Å². The molecule has 0 aliphatic heterocycles. The summed E-state index contributed by atoms with van der Waals surface area (Å²) in [4.78, 5) is 5.64. The molecule has 0 spiro atoms. The number of hydrogen-bond acceptors (Lipinski definition) is 6. The van der Waals surface area contributed by atoms with Crippen LogP contribution in [-0.2, 0) is 13.1 Å². The first kappa shape index (κ1) is 16.1. The number of hydrogen-bond donors (Lipinski definition) is 1. The smallest absolute Gasteiger partial charge is 0.161 e. The number of nitrogens with zero attached hydrogens (tertiary/aromatic N) is 1. The molecule has 0 amide bonds. The number of thioether (sulfide) groups is 1. The van der Waals surface area contributed by atoms with Crippen molar-refractivity contribution in [1.29, 1.82) is 0 Å². The Morgan fingerprint density at radius 3 is 2.48 bits per heavy atom. The maximum Gasteiger partial charge on any atom is 0.161 e. The predicted octanol–water partition coefficient (Wildman–Crippen LogP) is 3.48. The summed E-state index contributed by atoms with van der Waals surface area (Å²) in [5.41, 5.74) is 2.28. The lowest BCUT2D eigenvalue weighted by Crippen LogP contribution is -2.13. The Kier molecular flexibility index (Phi) is 5.90. The van der Waals surface area contributed by atoms with Gasteiger partial charge in [-0.25, -0.2) is 4.98 Å². The van der Waals surface area contributed by atoms with Crippen molar-refractivity contribution in [3.8, 4) is 11.5 Å². The average Bonchev–Trinajstić information content (AvgIpc) is 2.92. The van der Waals surface area contributed by atoms with Crippen molar-refractivity contribution in [2.45, 2.75) is 24.9 Å². The van der Waals surface area contributed by atoms with Crippen LogP contribution in [0.3, 0.4) is 0 Å². The standard InChI is InChI=1S/C15H20N2O2S2/c1-10-9-21-15(17-10)8-16-7-11-5-12(18-2)13(19-3)6-14(11)20-4/h5-6,9,16H,7-8H2,1-4H3. The molecule has 0 saturated heterocycles. The fraction of sp³-hybridized carbons (Fsp3) is 0.400. The molecule has 0 radical (unpaired) electrons. The molecule has 0 saturated carbocycles. The third-order valence-electron chi connectivity index (χ3n) is 3.04. The summed E-state index contributed by atoms with van der Waals surface area (Å²) in [7, 11) is 3.32. The van der Waals surface area contributed by atoms with E-state index in [9.17, 15) is 0 Å². The molecule has 4 nitrogen and oxygen atoms in total. The molecule has 1 aromatic heterocycles. The molecule has 0 fully saturated rings. The maximum absolute atomic E-state index is 5.37. The monoisotopic (exact) mass is 324 g/mol. The van der Waals surface area contributed by atoms with E-state index >= 15 is 0 Å². The Morgan fingerprint density at radius 1 is 1.19 bits per heavy atom. The van der Waals surface area contributed by atoms with Crippen LogP contribution < -0.4 is 14.8 Å². The largest absolute Gasteiger partial charge is 0.493 e. The second-order valence-electron chi connectivity index (χ2n) is 4.51. The highest BCUT2D eigenvalue weighted by Gasteiger charge is 2.10. The predicted molar refractivity (Wildman–Crippen MR) is 88.7 cm³/mol. The van der Waals surface area contributed by atoms with Crippen molar-refractivity contribution in [2.24, 2.45) is 0 Å². The highest BCUT2D eigenvalue weighted by Crippen LogP contribution is 2.34. The highest BCUT2D eigenvalue weighted by atomic mass is 32.2. The third kappa shape index (κ3) is 4.12. The lowest BCUT2D eigenvalue weighted by molar-refractivity contribution is 0.353. The molecule has 114 valence electrons. The fourth-order valence-electron chi connectivity index (χ4n) is 2.02. The zero-order valence-corrected chi connectivity index (χ0v) is 14.4. The Labute approximate surface area is 133 Å². The number of aromatic nitrogens is 1. The Morgan fingerprint density at radius 2 is 1.90 bits per heavy atom. The van der Waals surface area contributed by atoms with Crippen molar-refractivity contribution in [2.75, 3.05) is 20.5 Å². The van der Waals surface area contributed by atoms with E-state index in [1.165, 1.54) is 10.5 Å². The van der Waals surface area contributed by atoms with Gasteiger partial charge in [0.15, 0.2) is 11.5 Å². The summed E-state index contributed by atoms with van der Waals surface area (Å²) < 4.78 is 10.7. The van der Waals surface area contributed by atoms with E-state index in [0.717, 1.165) is 35.3 Å². The van der Waals surface area contributed by atoms with Gasteiger partial charge in [0, 0.05) is 29.1 Å². The van der Waals surface area contributed by atoms with Crippen molar-refractivity contribution >= 4 is 23.1 Å². The number of ether oxygens (including phenoxy) is 2. The van der Waals surface area contributed by atoms with E-state index in [-0.39, 0.29) is 0 Å². The molecule has 2 rings (SSSR count). The van der Waals surface area contributed by atoms with Crippen LogP contribution in [0.15, 0.2) is 22.4 Å². The van der Waals surface area contributed by atoms with E-state index in [1.54, 1.807) is 37.3 Å². The molecule has 0 bridgehead atoms. The third-order valence-corrected chi connectivity index (χ3v) is 4.83. The number of aryl methyl sites for hydroxylation is 1. The average molecular weight is 324 g/mol. The van der Waals surface area contributed by atoms with Crippen molar-refractivity contribution in [3.05, 3.63) is 33.8 Å². The van der Waals surface area contributed by atoms with Gasteiger partial charge in [-0.1, -0.05) is 0 Å². The minimum Gasteiger partial charge on any atom is -0.493 e. The Bertz CT molecular complexity index is 599. The molecule has 2 aromatic rings. The highest BCUT2D eigenvalue weighted by molar-refractivity contribution is 7.98. The van der Waals surface area contributed by atoms with Crippen molar-refractivity contribution in [3.63, 3.8) is 0 Å². The van der Waals surface area contributed by atoms with E-state index in [0.29, 0.717) is 0 Å². The van der Waals surface area contributed by atoms with Gasteiger partial charge in [0.05, 0.1) is 14.2 Å². The summed E-state index contributed by atoms with van der Waals surface area (Å²) in [5.74, 6) is 1.53. The number of methoxy groups -OCH3 is 2. The first-order valence-corrected chi connectivity index (χ1v) is 8.69. The van der Waals surface area contributed by atoms with Gasteiger partial charge in [-0.2, -0.15) is 0 Å². The summed E-state index contributed by atoms with van der Waals surface area (Å²) in [5, 5.41) is 6.61. The Balaban J connectivity index is 2.07. The summed E-state index contributed by atoms with van der Waals surface area (Å²) in [6, 6.07) is 4.05. The molecule has 0 aliphatic rings. The number of rotatable bonds is 7. The topological polar surface area (TPSA) is 43.4 Å². The van der Waals surface area contributed by atoms with E-state index < -0.39 is 0 Å². The quantitative estimate of drug-likeness (QED) is 0.790. The zero-order valence-electron chi connectivity index (χ0n) is 12.7. The van der Waals surface area contributed by atoms with Gasteiger partial charge in [-0.05, 0) is 30.9 Å². The number of benzene rings is 1. The van der Waals surface area contributed by atoms with Gasteiger partial charge in [0.1, 0.15) is 5.01 Å². The second kappa shape index (κ2) is 7.68. The Hall–Kier alpha value is -1.24. The summed E-state index contributed by atoms with van der Waals surface area (Å²) in [6.07, 6.45) is 2.06. The first-order chi connectivity index (χ1) is 10.2. The van der Waals surface area contributed by atoms with Crippen LogP contribution in [-0.4, -0.2) is 25.5 Å². The number of thiazole rings is 1. The summed E-state index contributed by atoms with van der Waals surface area (Å²) >= 11 is 3.39. The van der Waals surface area contributed by atoms with Gasteiger partial charge in [-0.15, -0.1) is 23.1 Å². The maximum atomic E-state index is 5.37. The van der Waals surface area contributed by atoms with E-state index in [1.807, 2.05) is 19.1 Å². The van der Waals surface area contributed by atoms with Gasteiger partial charge in [0.2, 0.25) is 0 Å². The molecule has 0 atom stereocenters. The van der Waals surface area contributed by atoms with Crippen LogP contribution in [0.1, 0.15) is 16.3 Å². The summed E-state index contributed by atoms with van der Waals surface area (Å²) in [6.45, 7) is 3.57. The molecule has 1 aromatic carbocycles. The molecule has 21 heavy (non-hydrogen) atoms. The van der Waals surface area contributed by atoms with Crippen LogP contribution in [0.4, 0.5) is 0 Å². The van der Waals surface area contributed by atoms with Gasteiger partial charge >= 0.3 is 0 Å². The van der Waals surface area contributed by atoms with Crippen LogP contribution >= 0.6 is 23.1 Å². The minimum atomic E-state index is 0.761. The SMILES string of the molecule is COc1cc(CNCc2nc(C)cs2)c(SC)cc1OC. The lowest BCUT2D eigenvalue weighted by Gasteiger charge is -2.14. The van der Waals surface area contributed by atoms with E-state index in [4.69, 9.17) is 9.47 Å². The van der Waals surface area contributed by atoms with Crippen LogP contribution in [0.25, 0.3) is 0 Å². The molecule has 6 heteroatoms. The van der Waals surface area contributed by atoms with Crippen LogP contribution in [0.2, 0.25) is 0 Å².